The zero-order valence-corrected chi connectivity index (χ0v) is 8.79. The van der Waals surface area contributed by atoms with Crippen LogP contribution in [0.25, 0.3) is 0 Å². The van der Waals surface area contributed by atoms with Gasteiger partial charge in [-0.05, 0) is 26.2 Å². The van der Waals surface area contributed by atoms with Gasteiger partial charge in [-0.25, -0.2) is 0 Å². The Kier molecular flexibility index (Phi) is 4.90. The first-order valence-corrected chi connectivity index (χ1v) is 5.31. The SMILES string of the molecule is CC(N)CCC(=O)NC1CCCOC1. The monoisotopic (exact) mass is 200 g/mol. The Balaban J connectivity index is 2.12. The molecule has 1 aliphatic heterocycles. The predicted octanol–water partition coefficient (Wildman–Crippen LogP) is 0.409. The largest absolute Gasteiger partial charge is 0.379 e. The summed E-state index contributed by atoms with van der Waals surface area (Å²) < 4.78 is 5.27. The Morgan fingerprint density at radius 3 is 3.07 bits per heavy atom. The van der Waals surface area contributed by atoms with E-state index in [0.29, 0.717) is 13.0 Å². The number of nitrogens with two attached hydrogens (primary N) is 1. The van der Waals surface area contributed by atoms with E-state index in [1.54, 1.807) is 0 Å². The van der Waals surface area contributed by atoms with Crippen LogP contribution >= 0.6 is 0 Å². The number of carbonyl (C=O) groups is 1. The van der Waals surface area contributed by atoms with Gasteiger partial charge in [-0.1, -0.05) is 0 Å². The van der Waals surface area contributed by atoms with Gasteiger partial charge >= 0.3 is 0 Å². The summed E-state index contributed by atoms with van der Waals surface area (Å²) in [4.78, 5) is 11.4. The lowest BCUT2D eigenvalue weighted by Gasteiger charge is -2.23. The number of carbonyl (C=O) groups excluding carboxylic acids is 1. The molecular weight excluding hydrogens is 180 g/mol. The van der Waals surface area contributed by atoms with Crippen molar-refractivity contribution in [2.45, 2.75) is 44.7 Å². The van der Waals surface area contributed by atoms with Gasteiger partial charge < -0.3 is 15.8 Å². The molecular formula is C10H20N2O2. The van der Waals surface area contributed by atoms with Gasteiger partial charge in [0.25, 0.3) is 0 Å². The van der Waals surface area contributed by atoms with Crippen LogP contribution in [0.4, 0.5) is 0 Å². The van der Waals surface area contributed by atoms with Crippen LogP contribution in [-0.4, -0.2) is 31.2 Å². The Labute approximate surface area is 85.2 Å². The lowest BCUT2D eigenvalue weighted by molar-refractivity contribution is -0.122. The van der Waals surface area contributed by atoms with Crippen molar-refractivity contribution in [3.8, 4) is 0 Å². The van der Waals surface area contributed by atoms with Gasteiger partial charge in [0.1, 0.15) is 0 Å². The molecule has 0 bridgehead atoms. The fraction of sp³-hybridized carbons (Fsp3) is 0.900. The van der Waals surface area contributed by atoms with Crippen LogP contribution in [0.2, 0.25) is 0 Å². The molecule has 4 heteroatoms. The molecule has 4 nitrogen and oxygen atoms in total. The molecule has 0 spiro atoms. The first-order chi connectivity index (χ1) is 6.68. The van der Waals surface area contributed by atoms with Crippen LogP contribution in [-0.2, 0) is 9.53 Å². The van der Waals surface area contributed by atoms with Crippen LogP contribution in [0.3, 0.4) is 0 Å². The molecule has 82 valence electrons. The minimum Gasteiger partial charge on any atom is -0.379 e. The van der Waals surface area contributed by atoms with E-state index >= 15 is 0 Å². The molecule has 1 amide bonds. The summed E-state index contributed by atoms with van der Waals surface area (Å²) in [5.74, 6) is 0.0952. The maximum Gasteiger partial charge on any atom is 0.220 e. The van der Waals surface area contributed by atoms with E-state index in [0.717, 1.165) is 25.9 Å². The highest BCUT2D eigenvalue weighted by Crippen LogP contribution is 2.06. The average Bonchev–Trinajstić information content (AvgIpc) is 2.16. The maximum absolute atomic E-state index is 11.4. The summed E-state index contributed by atoms with van der Waals surface area (Å²) in [5.41, 5.74) is 5.57. The fourth-order valence-electron chi connectivity index (χ4n) is 1.51. The third-order valence-electron chi connectivity index (χ3n) is 2.35. The molecule has 2 atom stereocenters. The standard InChI is InChI=1S/C10H20N2O2/c1-8(11)4-5-10(13)12-9-3-2-6-14-7-9/h8-9H,2-7,11H2,1H3,(H,12,13). The predicted molar refractivity (Wildman–Crippen MR) is 54.9 cm³/mol. The molecule has 2 unspecified atom stereocenters. The molecule has 1 rings (SSSR count). The van der Waals surface area contributed by atoms with E-state index in [-0.39, 0.29) is 18.0 Å². The zero-order chi connectivity index (χ0) is 10.4. The highest BCUT2D eigenvalue weighted by Gasteiger charge is 2.15. The number of nitrogens with one attached hydrogen (secondary N) is 1. The Hall–Kier alpha value is -0.610. The van der Waals surface area contributed by atoms with E-state index in [4.69, 9.17) is 10.5 Å². The van der Waals surface area contributed by atoms with Crippen molar-refractivity contribution >= 4 is 5.91 Å². The van der Waals surface area contributed by atoms with Gasteiger partial charge in [0.05, 0.1) is 12.6 Å². The van der Waals surface area contributed by atoms with Gasteiger partial charge in [-0.15, -0.1) is 0 Å². The molecule has 0 aromatic heterocycles. The molecule has 0 aliphatic carbocycles. The van der Waals surface area contributed by atoms with Crippen molar-refractivity contribution in [3.05, 3.63) is 0 Å². The summed E-state index contributed by atoms with van der Waals surface area (Å²) in [6, 6.07) is 0.313. The molecule has 3 N–H and O–H groups in total. The average molecular weight is 200 g/mol. The minimum absolute atomic E-state index is 0.0952. The highest BCUT2D eigenvalue weighted by atomic mass is 16.5. The van der Waals surface area contributed by atoms with Crippen molar-refractivity contribution in [1.82, 2.24) is 5.32 Å². The lowest BCUT2D eigenvalue weighted by atomic mass is 10.1. The molecule has 0 saturated carbocycles. The van der Waals surface area contributed by atoms with Gasteiger partial charge in [-0.3, -0.25) is 4.79 Å². The van der Waals surface area contributed by atoms with E-state index in [1.807, 2.05) is 6.92 Å². The van der Waals surface area contributed by atoms with Crippen LogP contribution < -0.4 is 11.1 Å². The van der Waals surface area contributed by atoms with Gasteiger partial charge in [0.2, 0.25) is 5.91 Å². The topological polar surface area (TPSA) is 64.4 Å². The smallest absolute Gasteiger partial charge is 0.220 e. The maximum atomic E-state index is 11.4. The molecule has 1 saturated heterocycles. The zero-order valence-electron chi connectivity index (χ0n) is 8.79. The Morgan fingerprint density at radius 2 is 2.50 bits per heavy atom. The van der Waals surface area contributed by atoms with Gasteiger partial charge in [0, 0.05) is 19.1 Å². The summed E-state index contributed by atoms with van der Waals surface area (Å²) in [6.07, 6.45) is 3.34. The molecule has 1 heterocycles. The lowest BCUT2D eigenvalue weighted by Crippen LogP contribution is -2.40. The molecule has 1 fully saturated rings. The number of rotatable bonds is 4. The number of amides is 1. The van der Waals surface area contributed by atoms with E-state index in [2.05, 4.69) is 5.32 Å². The second-order valence-corrected chi connectivity index (χ2v) is 4.00. The minimum atomic E-state index is 0.0952. The Morgan fingerprint density at radius 1 is 1.71 bits per heavy atom. The summed E-state index contributed by atoms with van der Waals surface area (Å²) >= 11 is 0. The van der Waals surface area contributed by atoms with Crippen molar-refractivity contribution in [2.24, 2.45) is 5.73 Å². The third-order valence-corrected chi connectivity index (χ3v) is 2.35. The highest BCUT2D eigenvalue weighted by molar-refractivity contribution is 5.76. The quantitative estimate of drug-likeness (QED) is 0.691. The molecule has 14 heavy (non-hydrogen) atoms. The van der Waals surface area contributed by atoms with Crippen molar-refractivity contribution in [3.63, 3.8) is 0 Å². The van der Waals surface area contributed by atoms with Gasteiger partial charge in [-0.2, -0.15) is 0 Å². The second-order valence-electron chi connectivity index (χ2n) is 4.00. The van der Waals surface area contributed by atoms with E-state index in [1.165, 1.54) is 0 Å². The van der Waals surface area contributed by atoms with Crippen molar-refractivity contribution in [2.75, 3.05) is 13.2 Å². The molecule has 0 radical (unpaired) electrons. The fourth-order valence-corrected chi connectivity index (χ4v) is 1.51. The summed E-state index contributed by atoms with van der Waals surface area (Å²) in [7, 11) is 0. The summed E-state index contributed by atoms with van der Waals surface area (Å²) in [6.45, 7) is 3.40. The van der Waals surface area contributed by atoms with Gasteiger partial charge in [0.15, 0.2) is 0 Å². The Bertz CT molecular complexity index is 177. The van der Waals surface area contributed by atoms with Crippen molar-refractivity contribution < 1.29 is 9.53 Å². The van der Waals surface area contributed by atoms with E-state index in [9.17, 15) is 4.79 Å². The van der Waals surface area contributed by atoms with E-state index < -0.39 is 0 Å². The van der Waals surface area contributed by atoms with Crippen LogP contribution in [0.15, 0.2) is 0 Å². The number of hydrogen-bond donors (Lipinski definition) is 2. The molecule has 0 aromatic carbocycles. The van der Waals surface area contributed by atoms with Crippen molar-refractivity contribution in [1.29, 1.82) is 0 Å². The second kappa shape index (κ2) is 5.98. The first-order valence-electron chi connectivity index (χ1n) is 5.31. The summed E-state index contributed by atoms with van der Waals surface area (Å²) in [5, 5.41) is 2.95. The number of hydrogen-bond acceptors (Lipinski definition) is 3. The third kappa shape index (κ3) is 4.58. The normalized spacial score (nSPS) is 24.3. The van der Waals surface area contributed by atoms with Crippen LogP contribution in [0.1, 0.15) is 32.6 Å². The molecule has 1 aliphatic rings. The molecule has 0 aromatic rings. The van der Waals surface area contributed by atoms with Crippen LogP contribution in [0.5, 0.6) is 0 Å². The number of ether oxygens (including phenoxy) is 1. The first kappa shape index (κ1) is 11.5. The van der Waals surface area contributed by atoms with Crippen LogP contribution in [0, 0.1) is 0 Å².